The van der Waals surface area contributed by atoms with Crippen LogP contribution in [0.25, 0.3) is 0 Å². The van der Waals surface area contributed by atoms with Gasteiger partial charge in [0.15, 0.2) is 12.4 Å². The molecular formula is C18H18ClNO6S. The Bertz CT molecular complexity index is 954. The van der Waals surface area contributed by atoms with Crippen molar-refractivity contribution in [2.45, 2.75) is 4.90 Å². The predicted octanol–water partition coefficient (Wildman–Crippen LogP) is 2.64. The number of carbonyl (C=O) groups is 2. The molecule has 9 heteroatoms. The van der Waals surface area contributed by atoms with Gasteiger partial charge in [-0.15, -0.1) is 0 Å². The maximum atomic E-state index is 12.1. The average Bonchev–Trinajstić information content (AvgIpc) is 2.65. The summed E-state index contributed by atoms with van der Waals surface area (Å²) in [4.78, 5) is 24.2. The van der Waals surface area contributed by atoms with E-state index >= 15 is 0 Å². The van der Waals surface area contributed by atoms with Gasteiger partial charge >= 0.3 is 5.97 Å². The first kappa shape index (κ1) is 20.9. The molecule has 0 atom stereocenters. The van der Waals surface area contributed by atoms with Gasteiger partial charge in [0.2, 0.25) is 10.0 Å². The minimum atomic E-state index is -3.59. The summed E-state index contributed by atoms with van der Waals surface area (Å²) in [6, 6.07) is 9.75. The van der Waals surface area contributed by atoms with E-state index in [-0.39, 0.29) is 21.0 Å². The molecule has 0 unspecified atom stereocenters. The Kier molecular flexibility index (Phi) is 6.59. The minimum absolute atomic E-state index is 0.0491. The van der Waals surface area contributed by atoms with Crippen molar-refractivity contribution < 1.29 is 27.5 Å². The van der Waals surface area contributed by atoms with Crippen LogP contribution in [0.1, 0.15) is 20.7 Å². The first-order chi connectivity index (χ1) is 12.7. The lowest BCUT2D eigenvalue weighted by Gasteiger charge is -2.11. The number of rotatable bonds is 7. The van der Waals surface area contributed by atoms with Crippen molar-refractivity contribution in [2.24, 2.45) is 0 Å². The Morgan fingerprint density at radius 3 is 2.15 bits per heavy atom. The number of sulfonamides is 1. The molecule has 27 heavy (non-hydrogen) atoms. The number of nitrogens with zero attached hydrogens (tertiary/aromatic N) is 1. The van der Waals surface area contributed by atoms with E-state index < -0.39 is 28.4 Å². The summed E-state index contributed by atoms with van der Waals surface area (Å²) in [5, 5.41) is 0.271. The van der Waals surface area contributed by atoms with Crippen LogP contribution >= 0.6 is 11.6 Å². The molecular weight excluding hydrogens is 394 g/mol. The van der Waals surface area contributed by atoms with Crippen LogP contribution in [0.15, 0.2) is 47.4 Å². The van der Waals surface area contributed by atoms with Crippen LogP contribution in [0.2, 0.25) is 5.02 Å². The van der Waals surface area contributed by atoms with Crippen molar-refractivity contribution in [2.75, 3.05) is 27.8 Å². The fourth-order valence-electron chi connectivity index (χ4n) is 2.11. The molecule has 2 aromatic rings. The SMILES string of the molecule is COc1ccc(C(=O)COC(=O)c2ccc(S(=O)(=O)N(C)C)cc2)cc1Cl. The molecule has 0 aliphatic carbocycles. The smallest absolute Gasteiger partial charge is 0.338 e. The largest absolute Gasteiger partial charge is 0.495 e. The second kappa shape index (κ2) is 8.51. The second-order valence-electron chi connectivity index (χ2n) is 5.66. The van der Waals surface area contributed by atoms with E-state index in [2.05, 4.69) is 0 Å². The van der Waals surface area contributed by atoms with Crippen LogP contribution in [-0.4, -0.2) is 52.3 Å². The lowest BCUT2D eigenvalue weighted by atomic mass is 10.1. The number of benzene rings is 2. The number of hydrogen-bond donors (Lipinski definition) is 0. The van der Waals surface area contributed by atoms with Gasteiger partial charge < -0.3 is 9.47 Å². The highest BCUT2D eigenvalue weighted by atomic mass is 35.5. The molecule has 0 aliphatic rings. The van der Waals surface area contributed by atoms with E-state index in [0.717, 1.165) is 4.31 Å². The van der Waals surface area contributed by atoms with Gasteiger partial charge in [0.25, 0.3) is 0 Å². The molecule has 0 bridgehead atoms. The van der Waals surface area contributed by atoms with Crippen LogP contribution in [0.3, 0.4) is 0 Å². The Morgan fingerprint density at radius 2 is 1.63 bits per heavy atom. The van der Waals surface area contributed by atoms with Gasteiger partial charge in [-0.3, -0.25) is 4.79 Å². The highest BCUT2D eigenvalue weighted by Crippen LogP contribution is 2.25. The summed E-state index contributed by atoms with van der Waals surface area (Å²) in [7, 11) is 0.694. The quantitative estimate of drug-likeness (QED) is 0.514. The van der Waals surface area contributed by atoms with Gasteiger partial charge in [0.1, 0.15) is 5.75 Å². The predicted molar refractivity (Wildman–Crippen MR) is 99.9 cm³/mol. The zero-order valence-electron chi connectivity index (χ0n) is 14.9. The molecule has 0 aromatic heterocycles. The standard InChI is InChI=1S/C18H18ClNO6S/c1-20(2)27(23,24)14-7-4-12(5-8-14)18(22)26-11-16(21)13-6-9-17(25-3)15(19)10-13/h4-10H,11H2,1-3H3. The van der Waals surface area contributed by atoms with Crippen molar-refractivity contribution in [3.8, 4) is 5.75 Å². The molecule has 7 nitrogen and oxygen atoms in total. The Balaban J connectivity index is 2.03. The summed E-state index contributed by atoms with van der Waals surface area (Å²) < 4.78 is 35.1. The van der Waals surface area contributed by atoms with Crippen molar-refractivity contribution in [1.29, 1.82) is 0 Å². The third-order valence-electron chi connectivity index (χ3n) is 3.68. The molecule has 144 valence electrons. The number of ether oxygens (including phenoxy) is 2. The summed E-state index contributed by atoms with van der Waals surface area (Å²) in [6.07, 6.45) is 0. The third kappa shape index (κ3) is 4.85. The third-order valence-corrected chi connectivity index (χ3v) is 5.80. The molecule has 2 rings (SSSR count). The number of carbonyl (C=O) groups excluding carboxylic acids is 2. The van der Waals surface area contributed by atoms with Crippen LogP contribution in [0.4, 0.5) is 0 Å². The normalized spacial score (nSPS) is 11.3. The highest BCUT2D eigenvalue weighted by Gasteiger charge is 2.18. The zero-order chi connectivity index (χ0) is 20.2. The average molecular weight is 412 g/mol. The van der Waals surface area contributed by atoms with E-state index in [9.17, 15) is 18.0 Å². The fraction of sp³-hybridized carbons (Fsp3) is 0.222. The van der Waals surface area contributed by atoms with Crippen molar-refractivity contribution in [1.82, 2.24) is 4.31 Å². The number of methoxy groups -OCH3 is 1. The van der Waals surface area contributed by atoms with Crippen molar-refractivity contribution in [3.05, 3.63) is 58.6 Å². The number of halogens is 1. The number of ketones is 1. The van der Waals surface area contributed by atoms with Crippen LogP contribution < -0.4 is 4.74 Å². The molecule has 0 spiro atoms. The summed E-state index contributed by atoms with van der Waals surface area (Å²) in [6.45, 7) is -0.473. The van der Waals surface area contributed by atoms with Crippen molar-refractivity contribution >= 4 is 33.4 Å². The van der Waals surface area contributed by atoms with Crippen LogP contribution in [-0.2, 0) is 14.8 Å². The Hall–Kier alpha value is -2.42. The van der Waals surface area contributed by atoms with E-state index in [4.69, 9.17) is 21.1 Å². The molecule has 0 amide bonds. The summed E-state index contributed by atoms with van der Waals surface area (Å²) in [5.41, 5.74) is 0.411. The number of Topliss-reactive ketones (excluding diaryl/α,β-unsaturated/α-hetero) is 1. The second-order valence-corrected chi connectivity index (χ2v) is 8.22. The van der Waals surface area contributed by atoms with Crippen molar-refractivity contribution in [3.63, 3.8) is 0 Å². The molecule has 0 saturated carbocycles. The summed E-state index contributed by atoms with van der Waals surface area (Å²) in [5.74, 6) is -0.741. The lowest BCUT2D eigenvalue weighted by Crippen LogP contribution is -2.22. The molecule has 0 saturated heterocycles. The molecule has 0 heterocycles. The number of esters is 1. The van der Waals surface area contributed by atoms with Gasteiger partial charge in [0, 0.05) is 19.7 Å². The minimum Gasteiger partial charge on any atom is -0.495 e. The fourth-order valence-corrected chi connectivity index (χ4v) is 3.27. The van der Waals surface area contributed by atoms with E-state index in [1.807, 2.05) is 0 Å². The lowest BCUT2D eigenvalue weighted by molar-refractivity contribution is 0.0474. The molecule has 2 aromatic carbocycles. The summed E-state index contributed by atoms with van der Waals surface area (Å²) >= 11 is 5.97. The van der Waals surface area contributed by atoms with E-state index in [0.29, 0.717) is 5.75 Å². The maximum absolute atomic E-state index is 12.1. The molecule has 0 aliphatic heterocycles. The number of hydrogen-bond acceptors (Lipinski definition) is 6. The maximum Gasteiger partial charge on any atom is 0.338 e. The topological polar surface area (TPSA) is 90.0 Å². The molecule has 0 fully saturated rings. The molecule has 0 N–H and O–H groups in total. The first-order valence-corrected chi connectivity index (χ1v) is 9.55. The van der Waals surface area contributed by atoms with Gasteiger partial charge in [-0.1, -0.05) is 11.6 Å². The van der Waals surface area contributed by atoms with Gasteiger partial charge in [0.05, 0.1) is 22.6 Å². The Morgan fingerprint density at radius 1 is 1.04 bits per heavy atom. The van der Waals surface area contributed by atoms with Crippen LogP contribution in [0, 0.1) is 0 Å². The molecule has 0 radical (unpaired) electrons. The van der Waals surface area contributed by atoms with Crippen LogP contribution in [0.5, 0.6) is 5.75 Å². The van der Waals surface area contributed by atoms with E-state index in [1.165, 1.54) is 57.6 Å². The Labute approximate surface area is 162 Å². The monoisotopic (exact) mass is 411 g/mol. The van der Waals surface area contributed by atoms with Gasteiger partial charge in [-0.05, 0) is 42.5 Å². The van der Waals surface area contributed by atoms with Gasteiger partial charge in [-0.25, -0.2) is 17.5 Å². The van der Waals surface area contributed by atoms with E-state index in [1.54, 1.807) is 6.07 Å². The highest BCUT2D eigenvalue weighted by molar-refractivity contribution is 7.89. The zero-order valence-corrected chi connectivity index (χ0v) is 16.5. The first-order valence-electron chi connectivity index (χ1n) is 7.73. The van der Waals surface area contributed by atoms with Gasteiger partial charge in [-0.2, -0.15) is 0 Å².